The van der Waals surface area contributed by atoms with Gasteiger partial charge in [0.15, 0.2) is 0 Å². The van der Waals surface area contributed by atoms with Gasteiger partial charge in [0, 0.05) is 24.2 Å². The van der Waals surface area contributed by atoms with Crippen molar-refractivity contribution in [1.29, 1.82) is 0 Å². The Hall–Kier alpha value is -3.41. The number of carbonyl (C=O) groups is 1. The fourth-order valence-electron chi connectivity index (χ4n) is 3.00. The highest BCUT2D eigenvalue weighted by Crippen LogP contribution is 2.12. The Balaban J connectivity index is 1.47. The van der Waals surface area contributed by atoms with Crippen LogP contribution in [0.5, 0.6) is 0 Å². The van der Waals surface area contributed by atoms with Gasteiger partial charge in [-0.2, -0.15) is 5.10 Å². The van der Waals surface area contributed by atoms with Crippen molar-refractivity contribution in [3.8, 4) is 0 Å². The molecule has 0 aliphatic carbocycles. The zero-order chi connectivity index (χ0) is 17.9. The highest BCUT2D eigenvalue weighted by atomic mass is 16.1. The lowest BCUT2D eigenvalue weighted by atomic mass is 10.1. The maximum Gasteiger partial charge on any atom is 0.251 e. The van der Waals surface area contributed by atoms with Crippen LogP contribution in [-0.2, 0) is 13.1 Å². The molecule has 0 spiro atoms. The predicted molar refractivity (Wildman–Crippen MR) is 98.9 cm³/mol. The molecule has 3 aromatic heterocycles. The first-order valence-corrected chi connectivity index (χ1v) is 8.47. The number of nitrogens with zero attached hydrogens (tertiary/aromatic N) is 4. The lowest BCUT2D eigenvalue weighted by Crippen LogP contribution is -2.23. The van der Waals surface area contributed by atoms with Crippen molar-refractivity contribution >= 4 is 11.6 Å². The molecular formula is C20H19N5O. The van der Waals surface area contributed by atoms with Crippen LogP contribution < -0.4 is 5.32 Å². The van der Waals surface area contributed by atoms with Crippen LogP contribution in [0.4, 0.5) is 0 Å². The minimum atomic E-state index is -0.102. The smallest absolute Gasteiger partial charge is 0.251 e. The molecule has 1 aromatic carbocycles. The fraction of sp³-hybridized carbons (Fsp3) is 0.150. The highest BCUT2D eigenvalue weighted by Gasteiger charge is 2.09. The van der Waals surface area contributed by atoms with Gasteiger partial charge in [-0.1, -0.05) is 18.2 Å². The van der Waals surface area contributed by atoms with E-state index in [1.54, 1.807) is 12.4 Å². The normalized spacial score (nSPS) is 11.0. The highest BCUT2D eigenvalue weighted by molar-refractivity contribution is 5.94. The molecule has 0 aliphatic rings. The summed E-state index contributed by atoms with van der Waals surface area (Å²) in [6, 6.07) is 13.5. The second kappa shape index (κ2) is 6.84. The molecule has 0 radical (unpaired) electrons. The van der Waals surface area contributed by atoms with E-state index in [1.165, 1.54) is 0 Å². The van der Waals surface area contributed by atoms with Gasteiger partial charge in [0.25, 0.3) is 5.91 Å². The zero-order valence-electron chi connectivity index (χ0n) is 14.5. The molecule has 0 aliphatic heterocycles. The second-order valence-electron chi connectivity index (χ2n) is 6.22. The minimum absolute atomic E-state index is 0.102. The molecule has 0 atom stereocenters. The Morgan fingerprint density at radius 3 is 2.92 bits per heavy atom. The second-order valence-corrected chi connectivity index (χ2v) is 6.22. The Labute approximate surface area is 151 Å². The van der Waals surface area contributed by atoms with Crippen LogP contribution in [0.2, 0.25) is 0 Å². The molecule has 6 heteroatoms. The summed E-state index contributed by atoms with van der Waals surface area (Å²) in [5, 5.41) is 7.18. The van der Waals surface area contributed by atoms with Crippen molar-refractivity contribution < 1.29 is 4.79 Å². The molecule has 0 fully saturated rings. The summed E-state index contributed by atoms with van der Waals surface area (Å²) >= 11 is 0. The number of aromatic nitrogens is 4. The molecule has 130 valence electrons. The van der Waals surface area contributed by atoms with Crippen LogP contribution >= 0.6 is 0 Å². The van der Waals surface area contributed by atoms with E-state index in [1.807, 2.05) is 70.9 Å². The van der Waals surface area contributed by atoms with Crippen molar-refractivity contribution in [2.24, 2.45) is 0 Å². The summed E-state index contributed by atoms with van der Waals surface area (Å²) in [7, 11) is 0. The number of carbonyl (C=O) groups excluding carboxylic acids is 1. The van der Waals surface area contributed by atoms with E-state index in [9.17, 15) is 4.79 Å². The minimum Gasteiger partial charge on any atom is -0.346 e. The summed E-state index contributed by atoms with van der Waals surface area (Å²) < 4.78 is 3.83. The number of imidazole rings is 1. The van der Waals surface area contributed by atoms with Gasteiger partial charge in [-0.05, 0) is 42.3 Å². The van der Waals surface area contributed by atoms with Crippen molar-refractivity contribution in [1.82, 2.24) is 24.5 Å². The fourth-order valence-corrected chi connectivity index (χ4v) is 3.00. The van der Waals surface area contributed by atoms with Gasteiger partial charge in [0.05, 0.1) is 25.0 Å². The lowest BCUT2D eigenvalue weighted by molar-refractivity contribution is 0.0950. The molecule has 0 saturated heterocycles. The quantitative estimate of drug-likeness (QED) is 0.605. The Kier molecular flexibility index (Phi) is 4.23. The molecule has 4 rings (SSSR count). The average Bonchev–Trinajstić information content (AvgIpc) is 3.30. The number of nitrogens with one attached hydrogen (secondary N) is 1. The molecule has 3 heterocycles. The van der Waals surface area contributed by atoms with Crippen molar-refractivity contribution in [3.05, 3.63) is 89.6 Å². The summed E-state index contributed by atoms with van der Waals surface area (Å²) in [5.74, 6) is -0.102. The van der Waals surface area contributed by atoms with Gasteiger partial charge in [-0.25, -0.2) is 4.98 Å². The number of amides is 1. The summed E-state index contributed by atoms with van der Waals surface area (Å²) in [6.45, 7) is 3.09. The van der Waals surface area contributed by atoms with Gasteiger partial charge in [-0.3, -0.25) is 9.48 Å². The van der Waals surface area contributed by atoms with Crippen LogP contribution in [0.15, 0.2) is 67.3 Å². The van der Waals surface area contributed by atoms with Gasteiger partial charge >= 0.3 is 0 Å². The number of pyridine rings is 1. The molecule has 0 saturated carbocycles. The first-order chi connectivity index (χ1) is 12.7. The zero-order valence-corrected chi connectivity index (χ0v) is 14.5. The summed E-state index contributed by atoms with van der Waals surface area (Å²) in [5.41, 5.74) is 4.64. The number of hydrogen-bond donors (Lipinski definition) is 1. The van der Waals surface area contributed by atoms with Gasteiger partial charge < -0.3 is 9.72 Å². The van der Waals surface area contributed by atoms with Crippen LogP contribution in [-0.4, -0.2) is 25.1 Å². The van der Waals surface area contributed by atoms with Crippen molar-refractivity contribution in [2.75, 3.05) is 0 Å². The monoisotopic (exact) mass is 345 g/mol. The van der Waals surface area contributed by atoms with Crippen LogP contribution in [0.1, 0.15) is 27.2 Å². The van der Waals surface area contributed by atoms with Crippen LogP contribution in [0, 0.1) is 6.92 Å². The van der Waals surface area contributed by atoms with Gasteiger partial charge in [0.1, 0.15) is 5.65 Å². The molecular weight excluding hydrogens is 326 g/mol. The standard InChI is InChI=1S/C20H19N5O/c1-15-5-3-10-25-18(12-21-19(15)25)13-22-20(26)17-7-2-6-16(11-17)14-24-9-4-8-23-24/h2-12H,13-14H2,1H3,(H,22,26). The first-order valence-electron chi connectivity index (χ1n) is 8.47. The van der Waals surface area contributed by atoms with E-state index >= 15 is 0 Å². The van der Waals surface area contributed by atoms with Crippen molar-refractivity contribution in [3.63, 3.8) is 0 Å². The molecule has 6 nitrogen and oxygen atoms in total. The van der Waals surface area contributed by atoms with Crippen LogP contribution in [0.3, 0.4) is 0 Å². The van der Waals surface area contributed by atoms with E-state index in [2.05, 4.69) is 15.4 Å². The largest absolute Gasteiger partial charge is 0.346 e. The maximum atomic E-state index is 12.5. The third-order valence-electron chi connectivity index (χ3n) is 4.33. The first kappa shape index (κ1) is 16.1. The number of hydrogen-bond acceptors (Lipinski definition) is 3. The Morgan fingerprint density at radius 1 is 1.15 bits per heavy atom. The number of aryl methyl sites for hydroxylation is 1. The van der Waals surface area contributed by atoms with E-state index in [4.69, 9.17) is 0 Å². The molecule has 0 bridgehead atoms. The number of fused-ring (bicyclic) bond motifs is 1. The number of rotatable bonds is 5. The van der Waals surface area contributed by atoms with Gasteiger partial charge in [-0.15, -0.1) is 0 Å². The van der Waals surface area contributed by atoms with Crippen molar-refractivity contribution in [2.45, 2.75) is 20.0 Å². The van der Waals surface area contributed by atoms with E-state index in [-0.39, 0.29) is 5.91 Å². The molecule has 1 amide bonds. The molecule has 1 N–H and O–H groups in total. The molecule has 0 unspecified atom stereocenters. The predicted octanol–water partition coefficient (Wildman–Crippen LogP) is 2.82. The lowest BCUT2D eigenvalue weighted by Gasteiger charge is -2.08. The molecule has 4 aromatic rings. The Morgan fingerprint density at radius 2 is 2.08 bits per heavy atom. The van der Waals surface area contributed by atoms with Crippen LogP contribution in [0.25, 0.3) is 5.65 Å². The van der Waals surface area contributed by atoms with Gasteiger partial charge in [0.2, 0.25) is 0 Å². The average molecular weight is 345 g/mol. The topological polar surface area (TPSA) is 64.2 Å². The maximum absolute atomic E-state index is 12.5. The third kappa shape index (κ3) is 3.21. The van der Waals surface area contributed by atoms with E-state index < -0.39 is 0 Å². The Bertz CT molecular complexity index is 1050. The summed E-state index contributed by atoms with van der Waals surface area (Å²) in [4.78, 5) is 17.0. The third-order valence-corrected chi connectivity index (χ3v) is 4.33. The SMILES string of the molecule is Cc1cccn2c(CNC(=O)c3cccc(Cn4cccn4)c3)cnc12. The summed E-state index contributed by atoms with van der Waals surface area (Å²) in [6.07, 6.45) is 7.41. The van der Waals surface area contributed by atoms with E-state index in [0.29, 0.717) is 18.7 Å². The van der Waals surface area contributed by atoms with E-state index in [0.717, 1.165) is 22.5 Å². The molecule has 26 heavy (non-hydrogen) atoms. The number of benzene rings is 1.